The molecular weight excluding hydrogens is 358 g/mol. The average molecular weight is 387 g/mol. The molecule has 0 saturated heterocycles. The normalized spacial score (nSPS) is 17.6. The molecule has 0 amide bonds. The number of nitrogens with zero attached hydrogens (tertiary/aromatic N) is 3. The number of aromatic nitrogens is 3. The van der Waals surface area contributed by atoms with Crippen LogP contribution in [-0.2, 0) is 17.9 Å². The minimum atomic E-state index is 0.0925. The van der Waals surface area contributed by atoms with E-state index in [1.165, 1.54) is 28.5 Å². The van der Waals surface area contributed by atoms with Crippen molar-refractivity contribution in [1.82, 2.24) is 9.97 Å². The molecule has 3 aromatic heterocycles. The van der Waals surface area contributed by atoms with Gasteiger partial charge in [0.25, 0.3) is 6.33 Å². The van der Waals surface area contributed by atoms with Crippen LogP contribution in [-0.4, -0.2) is 9.97 Å². The molecule has 1 aromatic carbocycles. The number of rotatable bonds is 1. The molecule has 0 spiro atoms. The Hall–Kier alpha value is -2.75. The standard InChI is InChI=1S/C25H28N3O/c1-15-7-8-16-20-21-17(24(2,3)10-11-25(21,4)5)13-27-23(20)29-22(16)19(15)18-9-12-26-14-28(18)6/h7-9,12-14H,10-11H2,1-6H3/q+1. The van der Waals surface area contributed by atoms with Crippen molar-refractivity contribution in [2.75, 3.05) is 0 Å². The monoisotopic (exact) mass is 386 g/mol. The van der Waals surface area contributed by atoms with Crippen molar-refractivity contribution in [2.45, 2.75) is 58.3 Å². The van der Waals surface area contributed by atoms with Gasteiger partial charge in [0.1, 0.15) is 17.5 Å². The number of furan rings is 1. The zero-order valence-corrected chi connectivity index (χ0v) is 18.1. The van der Waals surface area contributed by atoms with Crippen LogP contribution in [0.4, 0.5) is 0 Å². The van der Waals surface area contributed by atoms with Gasteiger partial charge in [-0.2, -0.15) is 0 Å². The molecular formula is C25H28N3O+. The highest BCUT2D eigenvalue weighted by molar-refractivity contribution is 6.10. The van der Waals surface area contributed by atoms with Crippen molar-refractivity contribution in [2.24, 2.45) is 7.05 Å². The van der Waals surface area contributed by atoms with Gasteiger partial charge in [0, 0.05) is 17.6 Å². The SMILES string of the molecule is Cc1ccc2c(oc3ncc4c(c32)C(C)(C)CCC4(C)C)c1-c1ccnc[n+]1C. The maximum Gasteiger partial charge on any atom is 0.286 e. The summed E-state index contributed by atoms with van der Waals surface area (Å²) in [6.07, 6.45) is 8.06. The van der Waals surface area contributed by atoms with Crippen LogP contribution in [0.1, 0.15) is 57.2 Å². The van der Waals surface area contributed by atoms with E-state index in [1.54, 1.807) is 0 Å². The fourth-order valence-corrected chi connectivity index (χ4v) is 5.01. The Labute approximate surface area is 171 Å². The van der Waals surface area contributed by atoms with Crippen LogP contribution in [0, 0.1) is 6.92 Å². The van der Waals surface area contributed by atoms with Crippen molar-refractivity contribution in [1.29, 1.82) is 0 Å². The highest BCUT2D eigenvalue weighted by Crippen LogP contribution is 2.50. The van der Waals surface area contributed by atoms with Gasteiger partial charge in [-0.3, -0.25) is 0 Å². The summed E-state index contributed by atoms with van der Waals surface area (Å²) in [5.41, 5.74) is 8.05. The average Bonchev–Trinajstić information content (AvgIpc) is 3.04. The van der Waals surface area contributed by atoms with E-state index in [9.17, 15) is 0 Å². The fourth-order valence-electron chi connectivity index (χ4n) is 5.01. The number of hydrogen-bond donors (Lipinski definition) is 0. The third kappa shape index (κ3) is 2.54. The molecule has 29 heavy (non-hydrogen) atoms. The van der Waals surface area contributed by atoms with Gasteiger partial charge in [-0.15, -0.1) is 0 Å². The van der Waals surface area contributed by atoms with E-state index >= 15 is 0 Å². The fraction of sp³-hybridized carbons (Fsp3) is 0.400. The second-order valence-corrected chi connectivity index (χ2v) is 9.81. The first-order valence-electron chi connectivity index (χ1n) is 10.4. The molecule has 4 aromatic rings. The molecule has 0 bridgehead atoms. The smallest absolute Gasteiger partial charge is 0.286 e. The molecule has 3 heterocycles. The maximum absolute atomic E-state index is 6.46. The van der Waals surface area contributed by atoms with Gasteiger partial charge in [0.2, 0.25) is 5.71 Å². The van der Waals surface area contributed by atoms with Gasteiger partial charge in [0.15, 0.2) is 0 Å². The van der Waals surface area contributed by atoms with E-state index in [4.69, 9.17) is 9.40 Å². The second kappa shape index (κ2) is 5.88. The summed E-state index contributed by atoms with van der Waals surface area (Å²) in [6, 6.07) is 6.46. The second-order valence-electron chi connectivity index (χ2n) is 9.81. The van der Waals surface area contributed by atoms with Crippen LogP contribution in [0.25, 0.3) is 33.3 Å². The third-order valence-electron chi connectivity index (χ3n) is 6.85. The van der Waals surface area contributed by atoms with E-state index in [0.29, 0.717) is 0 Å². The van der Waals surface area contributed by atoms with E-state index in [-0.39, 0.29) is 10.8 Å². The molecule has 148 valence electrons. The maximum atomic E-state index is 6.46. The molecule has 1 aliphatic rings. The van der Waals surface area contributed by atoms with E-state index in [0.717, 1.165) is 34.4 Å². The van der Waals surface area contributed by atoms with Gasteiger partial charge in [-0.1, -0.05) is 44.8 Å². The van der Waals surface area contributed by atoms with Gasteiger partial charge in [-0.25, -0.2) is 9.55 Å². The summed E-state index contributed by atoms with van der Waals surface area (Å²) in [6.45, 7) is 11.5. The van der Waals surface area contributed by atoms with Crippen molar-refractivity contribution >= 4 is 22.1 Å². The number of hydrogen-bond acceptors (Lipinski definition) is 3. The lowest BCUT2D eigenvalue weighted by Gasteiger charge is -2.41. The van der Waals surface area contributed by atoms with Crippen LogP contribution in [0.5, 0.6) is 0 Å². The number of aryl methyl sites for hydroxylation is 2. The van der Waals surface area contributed by atoms with E-state index in [1.807, 2.05) is 30.2 Å². The topological polar surface area (TPSA) is 42.8 Å². The number of benzene rings is 1. The highest BCUT2D eigenvalue weighted by Gasteiger charge is 2.40. The summed E-state index contributed by atoms with van der Waals surface area (Å²) in [5.74, 6) is 0. The Balaban J connectivity index is 1.95. The molecule has 0 unspecified atom stereocenters. The lowest BCUT2D eigenvalue weighted by Crippen LogP contribution is -2.34. The third-order valence-corrected chi connectivity index (χ3v) is 6.85. The first-order chi connectivity index (χ1) is 13.7. The van der Waals surface area contributed by atoms with Crippen molar-refractivity contribution in [3.63, 3.8) is 0 Å². The summed E-state index contributed by atoms with van der Waals surface area (Å²) >= 11 is 0. The van der Waals surface area contributed by atoms with Gasteiger partial charge >= 0.3 is 0 Å². The Kier molecular flexibility index (Phi) is 3.71. The summed E-state index contributed by atoms with van der Waals surface area (Å²) < 4.78 is 8.50. The zero-order valence-electron chi connectivity index (χ0n) is 18.1. The first-order valence-corrected chi connectivity index (χ1v) is 10.4. The molecule has 1 aliphatic carbocycles. The van der Waals surface area contributed by atoms with Crippen molar-refractivity contribution in [3.05, 3.63) is 53.6 Å². The highest BCUT2D eigenvalue weighted by atomic mass is 16.3. The summed E-state index contributed by atoms with van der Waals surface area (Å²) in [5, 5.41) is 2.35. The van der Waals surface area contributed by atoms with Crippen LogP contribution in [0.2, 0.25) is 0 Å². The lowest BCUT2D eigenvalue weighted by atomic mass is 9.63. The molecule has 0 radical (unpaired) electrons. The molecule has 0 saturated carbocycles. The zero-order chi connectivity index (χ0) is 20.6. The molecule has 4 heteroatoms. The Morgan fingerprint density at radius 1 is 1.03 bits per heavy atom. The summed E-state index contributed by atoms with van der Waals surface area (Å²) in [7, 11) is 2.02. The Morgan fingerprint density at radius 3 is 2.55 bits per heavy atom. The molecule has 0 N–H and O–H groups in total. The molecule has 0 fully saturated rings. The number of fused-ring (bicyclic) bond motifs is 5. The van der Waals surface area contributed by atoms with Crippen LogP contribution in [0.15, 0.2) is 41.3 Å². The van der Waals surface area contributed by atoms with Crippen LogP contribution < -0.4 is 4.57 Å². The van der Waals surface area contributed by atoms with Gasteiger partial charge < -0.3 is 4.42 Å². The molecule has 5 rings (SSSR count). The van der Waals surface area contributed by atoms with Crippen LogP contribution >= 0.6 is 0 Å². The molecule has 0 aliphatic heterocycles. The predicted molar refractivity (Wildman–Crippen MR) is 116 cm³/mol. The number of pyridine rings is 1. The molecule has 4 nitrogen and oxygen atoms in total. The minimum absolute atomic E-state index is 0.0925. The largest absolute Gasteiger partial charge is 0.437 e. The van der Waals surface area contributed by atoms with Crippen LogP contribution in [0.3, 0.4) is 0 Å². The van der Waals surface area contributed by atoms with Gasteiger partial charge in [0.05, 0.1) is 18.0 Å². The summed E-state index contributed by atoms with van der Waals surface area (Å²) in [4.78, 5) is 9.03. The lowest BCUT2D eigenvalue weighted by molar-refractivity contribution is -0.663. The van der Waals surface area contributed by atoms with Crippen molar-refractivity contribution < 1.29 is 8.98 Å². The van der Waals surface area contributed by atoms with E-state index in [2.05, 4.69) is 57.9 Å². The minimum Gasteiger partial charge on any atom is -0.437 e. The quantitative estimate of drug-likeness (QED) is 0.404. The Bertz CT molecular complexity index is 1280. The first kappa shape index (κ1) is 18.3. The van der Waals surface area contributed by atoms with Crippen molar-refractivity contribution in [3.8, 4) is 11.3 Å². The Morgan fingerprint density at radius 2 is 1.79 bits per heavy atom. The molecule has 0 atom stereocenters. The van der Waals surface area contributed by atoms with E-state index < -0.39 is 0 Å². The van der Waals surface area contributed by atoms with Gasteiger partial charge in [-0.05, 0) is 47.3 Å². The predicted octanol–water partition coefficient (Wildman–Crippen LogP) is 5.52.